The standard InChI is InChI=1S/C13H20N2O3/c1-3-7-14(11-13(17)18-2)9-10-15-8-5-4-6-12(15)16/h4-6,8H,3,7,9-11H2,1-2H3. The summed E-state index contributed by atoms with van der Waals surface area (Å²) in [5.74, 6) is -0.246. The Hall–Kier alpha value is -1.62. The van der Waals surface area contributed by atoms with Gasteiger partial charge in [0.1, 0.15) is 0 Å². The molecule has 5 nitrogen and oxygen atoms in total. The van der Waals surface area contributed by atoms with Crippen molar-refractivity contribution in [3.8, 4) is 0 Å². The lowest BCUT2D eigenvalue weighted by atomic mass is 10.3. The number of carbonyl (C=O) groups is 1. The van der Waals surface area contributed by atoms with Gasteiger partial charge in [-0.05, 0) is 19.0 Å². The number of pyridine rings is 1. The fourth-order valence-electron chi connectivity index (χ4n) is 1.73. The maximum Gasteiger partial charge on any atom is 0.319 e. The van der Waals surface area contributed by atoms with Crippen LogP contribution in [-0.4, -0.2) is 42.2 Å². The first-order valence-corrected chi connectivity index (χ1v) is 6.12. The van der Waals surface area contributed by atoms with Crippen LogP contribution in [0, 0.1) is 0 Å². The van der Waals surface area contributed by atoms with E-state index in [1.54, 1.807) is 16.8 Å². The van der Waals surface area contributed by atoms with Crippen LogP contribution in [0.15, 0.2) is 29.2 Å². The largest absolute Gasteiger partial charge is 0.468 e. The minimum atomic E-state index is -0.246. The Morgan fingerprint density at radius 3 is 2.78 bits per heavy atom. The zero-order valence-corrected chi connectivity index (χ0v) is 11.0. The molecule has 0 aliphatic heterocycles. The molecule has 0 N–H and O–H groups in total. The van der Waals surface area contributed by atoms with Gasteiger partial charge in [-0.3, -0.25) is 14.5 Å². The summed E-state index contributed by atoms with van der Waals surface area (Å²) in [6, 6.07) is 5.08. The van der Waals surface area contributed by atoms with E-state index in [4.69, 9.17) is 0 Å². The first-order valence-electron chi connectivity index (χ1n) is 6.12. The Labute approximate surface area is 107 Å². The number of hydrogen-bond donors (Lipinski definition) is 0. The first-order chi connectivity index (χ1) is 8.67. The molecular formula is C13H20N2O3. The Morgan fingerprint density at radius 1 is 1.39 bits per heavy atom. The van der Waals surface area contributed by atoms with E-state index in [1.165, 1.54) is 13.2 Å². The van der Waals surface area contributed by atoms with Crippen molar-refractivity contribution in [2.24, 2.45) is 0 Å². The molecule has 0 aliphatic carbocycles. The van der Waals surface area contributed by atoms with Crippen molar-refractivity contribution < 1.29 is 9.53 Å². The van der Waals surface area contributed by atoms with E-state index in [2.05, 4.69) is 11.7 Å². The van der Waals surface area contributed by atoms with Gasteiger partial charge >= 0.3 is 5.97 Å². The van der Waals surface area contributed by atoms with Crippen LogP contribution < -0.4 is 5.56 Å². The van der Waals surface area contributed by atoms with Gasteiger partial charge in [0.05, 0.1) is 13.7 Å². The van der Waals surface area contributed by atoms with Crippen molar-refractivity contribution in [1.82, 2.24) is 9.47 Å². The lowest BCUT2D eigenvalue weighted by Gasteiger charge is -2.20. The maximum absolute atomic E-state index is 11.5. The van der Waals surface area contributed by atoms with E-state index in [9.17, 15) is 9.59 Å². The molecule has 100 valence electrons. The van der Waals surface area contributed by atoms with Gasteiger partial charge in [0.15, 0.2) is 0 Å². The smallest absolute Gasteiger partial charge is 0.319 e. The number of hydrogen-bond acceptors (Lipinski definition) is 4. The van der Waals surface area contributed by atoms with E-state index in [0.717, 1.165) is 13.0 Å². The average molecular weight is 252 g/mol. The van der Waals surface area contributed by atoms with Crippen LogP contribution in [0.3, 0.4) is 0 Å². The highest BCUT2D eigenvalue weighted by Gasteiger charge is 2.10. The molecule has 1 rings (SSSR count). The predicted molar refractivity (Wildman–Crippen MR) is 69.4 cm³/mol. The summed E-state index contributed by atoms with van der Waals surface area (Å²) in [6.07, 6.45) is 2.71. The second-order valence-corrected chi connectivity index (χ2v) is 4.08. The molecule has 0 bridgehead atoms. The molecule has 0 amide bonds. The molecule has 0 saturated heterocycles. The fraction of sp³-hybridized carbons (Fsp3) is 0.538. The summed E-state index contributed by atoms with van der Waals surface area (Å²) < 4.78 is 6.29. The summed E-state index contributed by atoms with van der Waals surface area (Å²) in [7, 11) is 1.38. The quantitative estimate of drug-likeness (QED) is 0.671. The summed E-state index contributed by atoms with van der Waals surface area (Å²) in [5, 5.41) is 0. The van der Waals surface area contributed by atoms with Crippen LogP contribution in [0.5, 0.6) is 0 Å². The normalized spacial score (nSPS) is 10.6. The van der Waals surface area contributed by atoms with E-state index < -0.39 is 0 Å². The van der Waals surface area contributed by atoms with E-state index in [1.807, 2.05) is 11.0 Å². The second kappa shape index (κ2) is 7.66. The van der Waals surface area contributed by atoms with Crippen molar-refractivity contribution in [3.63, 3.8) is 0 Å². The zero-order valence-electron chi connectivity index (χ0n) is 11.0. The average Bonchev–Trinajstić information content (AvgIpc) is 2.37. The van der Waals surface area contributed by atoms with Crippen LogP contribution in [-0.2, 0) is 16.1 Å². The number of rotatable bonds is 7. The Balaban J connectivity index is 2.54. The molecule has 0 unspecified atom stereocenters. The van der Waals surface area contributed by atoms with Crippen LogP contribution in [0.25, 0.3) is 0 Å². The summed E-state index contributed by atoms with van der Waals surface area (Å²) in [4.78, 5) is 24.8. The number of aromatic nitrogens is 1. The van der Waals surface area contributed by atoms with Gasteiger partial charge in [-0.1, -0.05) is 13.0 Å². The van der Waals surface area contributed by atoms with E-state index in [0.29, 0.717) is 13.1 Å². The van der Waals surface area contributed by atoms with Crippen molar-refractivity contribution in [2.45, 2.75) is 19.9 Å². The molecule has 0 aliphatic rings. The molecule has 0 radical (unpaired) electrons. The predicted octanol–water partition coefficient (Wildman–Crippen LogP) is 0.733. The van der Waals surface area contributed by atoms with Crippen molar-refractivity contribution in [3.05, 3.63) is 34.7 Å². The minimum Gasteiger partial charge on any atom is -0.468 e. The van der Waals surface area contributed by atoms with Crippen LogP contribution in [0.2, 0.25) is 0 Å². The highest BCUT2D eigenvalue weighted by Crippen LogP contribution is 1.94. The third-order valence-corrected chi connectivity index (χ3v) is 2.68. The van der Waals surface area contributed by atoms with Crippen molar-refractivity contribution >= 4 is 5.97 Å². The van der Waals surface area contributed by atoms with E-state index in [-0.39, 0.29) is 18.1 Å². The molecule has 5 heteroatoms. The highest BCUT2D eigenvalue weighted by atomic mass is 16.5. The Bertz CT molecular complexity index is 428. The maximum atomic E-state index is 11.5. The Morgan fingerprint density at radius 2 is 2.17 bits per heavy atom. The van der Waals surface area contributed by atoms with Gasteiger partial charge in [0.25, 0.3) is 5.56 Å². The number of ether oxygens (including phenoxy) is 1. The lowest BCUT2D eigenvalue weighted by Crippen LogP contribution is -2.35. The van der Waals surface area contributed by atoms with Gasteiger partial charge < -0.3 is 9.30 Å². The molecule has 1 aromatic rings. The van der Waals surface area contributed by atoms with Crippen molar-refractivity contribution in [2.75, 3.05) is 26.7 Å². The molecule has 0 aromatic carbocycles. The van der Waals surface area contributed by atoms with Crippen LogP contribution in [0.1, 0.15) is 13.3 Å². The summed E-state index contributed by atoms with van der Waals surface area (Å²) in [5.41, 5.74) is -0.0213. The third-order valence-electron chi connectivity index (χ3n) is 2.68. The fourth-order valence-corrected chi connectivity index (χ4v) is 1.73. The molecule has 0 spiro atoms. The van der Waals surface area contributed by atoms with Gasteiger partial charge in [0.2, 0.25) is 0 Å². The molecule has 0 saturated carbocycles. The molecular weight excluding hydrogens is 232 g/mol. The number of nitrogens with zero attached hydrogens (tertiary/aromatic N) is 2. The molecule has 18 heavy (non-hydrogen) atoms. The van der Waals surface area contributed by atoms with Crippen LogP contribution in [0.4, 0.5) is 0 Å². The molecule has 1 aromatic heterocycles. The summed E-state index contributed by atoms with van der Waals surface area (Å²) >= 11 is 0. The monoisotopic (exact) mass is 252 g/mol. The first kappa shape index (κ1) is 14.4. The second-order valence-electron chi connectivity index (χ2n) is 4.08. The number of methoxy groups -OCH3 is 1. The minimum absolute atomic E-state index is 0.0213. The number of carbonyl (C=O) groups excluding carboxylic acids is 1. The molecule has 0 atom stereocenters. The van der Waals surface area contributed by atoms with Crippen LogP contribution >= 0.6 is 0 Å². The topological polar surface area (TPSA) is 51.5 Å². The lowest BCUT2D eigenvalue weighted by molar-refractivity contribution is -0.141. The SMILES string of the molecule is CCCN(CCn1ccccc1=O)CC(=O)OC. The summed E-state index contributed by atoms with van der Waals surface area (Å²) in [6.45, 7) is 4.38. The Kier molecular flexibility index (Phi) is 6.14. The van der Waals surface area contributed by atoms with Gasteiger partial charge in [-0.15, -0.1) is 0 Å². The highest BCUT2D eigenvalue weighted by molar-refractivity contribution is 5.71. The molecule has 1 heterocycles. The van der Waals surface area contributed by atoms with Gasteiger partial charge in [0, 0.05) is 25.4 Å². The zero-order chi connectivity index (χ0) is 13.4. The van der Waals surface area contributed by atoms with Gasteiger partial charge in [-0.25, -0.2) is 0 Å². The third kappa shape index (κ3) is 4.71. The van der Waals surface area contributed by atoms with Crippen molar-refractivity contribution in [1.29, 1.82) is 0 Å². The molecule has 0 fully saturated rings. The number of esters is 1. The van der Waals surface area contributed by atoms with E-state index >= 15 is 0 Å². The van der Waals surface area contributed by atoms with Gasteiger partial charge in [-0.2, -0.15) is 0 Å².